The Morgan fingerprint density at radius 3 is 2.91 bits per heavy atom. The molecule has 0 aliphatic rings. The van der Waals surface area contributed by atoms with Crippen molar-refractivity contribution in [3.05, 3.63) is 30.2 Å². The molecule has 1 heterocycles. The van der Waals surface area contributed by atoms with Crippen LogP contribution in [0.1, 0.15) is 19.7 Å². The molecule has 0 radical (unpaired) electrons. The van der Waals surface area contributed by atoms with E-state index in [9.17, 15) is 4.79 Å². The molecule has 23 heavy (non-hydrogen) atoms. The van der Waals surface area contributed by atoms with E-state index in [4.69, 9.17) is 9.26 Å². The molecule has 0 atom stereocenters. The summed E-state index contributed by atoms with van der Waals surface area (Å²) in [7, 11) is 1.61. The molecule has 1 aromatic carbocycles. The highest BCUT2D eigenvalue weighted by molar-refractivity contribution is 5.77. The molecule has 0 bridgehead atoms. The van der Waals surface area contributed by atoms with Crippen LogP contribution in [0.5, 0.6) is 5.75 Å². The predicted octanol–water partition coefficient (Wildman–Crippen LogP) is 1.70. The number of hydrogen-bond acceptors (Lipinski definition) is 6. The second kappa shape index (κ2) is 8.28. The van der Waals surface area contributed by atoms with Gasteiger partial charge in [0.05, 0.1) is 20.2 Å². The standard InChI is InChI=1S/C16H22N4O3/c1-4-17-14(21)10-20(5-2)11-15-18-16(19-23-15)12-7-6-8-13(9-12)22-3/h6-9H,4-5,10-11H2,1-3H3,(H,17,21). The van der Waals surface area contributed by atoms with Gasteiger partial charge in [-0.1, -0.05) is 24.2 Å². The quantitative estimate of drug-likeness (QED) is 0.798. The number of benzene rings is 1. The molecule has 0 saturated heterocycles. The Kier molecular flexibility index (Phi) is 6.10. The average Bonchev–Trinajstić information content (AvgIpc) is 3.03. The van der Waals surface area contributed by atoms with Crippen LogP contribution in [-0.4, -0.2) is 47.7 Å². The number of aromatic nitrogens is 2. The Labute approximate surface area is 135 Å². The zero-order valence-electron chi connectivity index (χ0n) is 13.7. The summed E-state index contributed by atoms with van der Waals surface area (Å²) in [6.45, 7) is 5.96. The Morgan fingerprint density at radius 1 is 1.39 bits per heavy atom. The lowest BCUT2D eigenvalue weighted by atomic mass is 10.2. The van der Waals surface area contributed by atoms with Gasteiger partial charge in [0.25, 0.3) is 0 Å². The first-order valence-corrected chi connectivity index (χ1v) is 7.62. The maximum atomic E-state index is 11.7. The molecule has 0 saturated carbocycles. The number of carbonyl (C=O) groups excluding carboxylic acids is 1. The fraction of sp³-hybridized carbons (Fsp3) is 0.438. The molecule has 7 heteroatoms. The van der Waals surface area contributed by atoms with Gasteiger partial charge in [-0.3, -0.25) is 9.69 Å². The van der Waals surface area contributed by atoms with E-state index in [0.717, 1.165) is 11.3 Å². The summed E-state index contributed by atoms with van der Waals surface area (Å²) in [5.41, 5.74) is 0.825. The minimum atomic E-state index is -0.0121. The Hall–Kier alpha value is -2.41. The highest BCUT2D eigenvalue weighted by Crippen LogP contribution is 2.21. The number of hydrogen-bond donors (Lipinski definition) is 1. The zero-order valence-corrected chi connectivity index (χ0v) is 13.7. The third-order valence-electron chi connectivity index (χ3n) is 3.34. The molecule has 0 aliphatic heterocycles. The topological polar surface area (TPSA) is 80.5 Å². The average molecular weight is 318 g/mol. The van der Waals surface area contributed by atoms with Crippen molar-refractivity contribution in [3.63, 3.8) is 0 Å². The molecule has 0 aliphatic carbocycles. The van der Waals surface area contributed by atoms with Gasteiger partial charge in [-0.25, -0.2) is 0 Å². The second-order valence-electron chi connectivity index (χ2n) is 5.00. The molecule has 124 valence electrons. The summed E-state index contributed by atoms with van der Waals surface area (Å²) in [5, 5.41) is 6.77. The number of methoxy groups -OCH3 is 1. The molecule has 1 N–H and O–H groups in total. The van der Waals surface area contributed by atoms with Gasteiger partial charge in [-0.2, -0.15) is 4.98 Å². The number of nitrogens with zero attached hydrogens (tertiary/aromatic N) is 3. The first-order valence-electron chi connectivity index (χ1n) is 7.62. The molecule has 0 unspecified atom stereocenters. The highest BCUT2D eigenvalue weighted by atomic mass is 16.5. The van der Waals surface area contributed by atoms with Gasteiger partial charge >= 0.3 is 0 Å². The number of amides is 1. The molecule has 1 amide bonds. The monoisotopic (exact) mass is 318 g/mol. The lowest BCUT2D eigenvalue weighted by Gasteiger charge is -2.17. The Bertz CT molecular complexity index is 642. The smallest absolute Gasteiger partial charge is 0.241 e. The Balaban J connectivity index is 2.04. The summed E-state index contributed by atoms with van der Waals surface area (Å²) in [6, 6.07) is 7.47. The van der Waals surface area contributed by atoms with Gasteiger partial charge in [-0.15, -0.1) is 0 Å². The lowest BCUT2D eigenvalue weighted by Crippen LogP contribution is -2.36. The second-order valence-corrected chi connectivity index (χ2v) is 5.00. The van der Waals surface area contributed by atoms with Gasteiger partial charge in [0.1, 0.15) is 5.75 Å². The van der Waals surface area contributed by atoms with Gasteiger partial charge in [0, 0.05) is 12.1 Å². The van der Waals surface area contributed by atoms with Gasteiger partial charge in [0.2, 0.25) is 17.6 Å². The summed E-state index contributed by atoms with van der Waals surface area (Å²) in [4.78, 5) is 18.0. The van der Waals surface area contributed by atoms with E-state index in [2.05, 4.69) is 15.5 Å². The van der Waals surface area contributed by atoms with Crippen molar-refractivity contribution < 1.29 is 14.1 Å². The van der Waals surface area contributed by atoms with E-state index in [1.54, 1.807) is 7.11 Å². The van der Waals surface area contributed by atoms with E-state index in [1.807, 2.05) is 43.0 Å². The minimum absolute atomic E-state index is 0.0121. The van der Waals surface area contributed by atoms with Gasteiger partial charge in [-0.05, 0) is 25.6 Å². The summed E-state index contributed by atoms with van der Waals surface area (Å²) in [6.07, 6.45) is 0. The van der Waals surface area contributed by atoms with Gasteiger partial charge in [0.15, 0.2) is 0 Å². The number of nitrogens with one attached hydrogen (secondary N) is 1. The van der Waals surface area contributed by atoms with Crippen LogP contribution in [0.25, 0.3) is 11.4 Å². The number of carbonyl (C=O) groups is 1. The molecule has 1 aromatic heterocycles. The van der Waals surface area contributed by atoms with E-state index in [1.165, 1.54) is 0 Å². The molecular weight excluding hydrogens is 296 g/mol. The van der Waals surface area contributed by atoms with Crippen molar-refractivity contribution in [1.29, 1.82) is 0 Å². The van der Waals surface area contributed by atoms with Crippen LogP contribution in [0.4, 0.5) is 0 Å². The van der Waals surface area contributed by atoms with E-state index < -0.39 is 0 Å². The van der Waals surface area contributed by atoms with Crippen LogP contribution in [0, 0.1) is 0 Å². The van der Waals surface area contributed by atoms with Crippen LogP contribution < -0.4 is 10.1 Å². The van der Waals surface area contributed by atoms with E-state index >= 15 is 0 Å². The largest absolute Gasteiger partial charge is 0.497 e. The van der Waals surface area contributed by atoms with Crippen molar-refractivity contribution in [2.45, 2.75) is 20.4 Å². The van der Waals surface area contributed by atoms with Crippen molar-refractivity contribution in [2.24, 2.45) is 0 Å². The summed E-state index contributed by atoms with van der Waals surface area (Å²) in [5.74, 6) is 1.71. The number of ether oxygens (including phenoxy) is 1. The lowest BCUT2D eigenvalue weighted by molar-refractivity contribution is -0.122. The van der Waals surface area contributed by atoms with Crippen molar-refractivity contribution in [1.82, 2.24) is 20.4 Å². The third-order valence-corrected chi connectivity index (χ3v) is 3.34. The minimum Gasteiger partial charge on any atom is -0.497 e. The van der Waals surface area contributed by atoms with Crippen molar-refractivity contribution >= 4 is 5.91 Å². The molecule has 2 rings (SSSR count). The maximum absolute atomic E-state index is 11.7. The number of likely N-dealkylation sites (N-methyl/N-ethyl adjacent to an activating group) is 2. The van der Waals surface area contributed by atoms with Gasteiger partial charge < -0.3 is 14.6 Å². The highest BCUT2D eigenvalue weighted by Gasteiger charge is 2.14. The van der Waals surface area contributed by atoms with Crippen LogP contribution in [0.2, 0.25) is 0 Å². The molecule has 0 spiro atoms. The van der Waals surface area contributed by atoms with Crippen LogP contribution >= 0.6 is 0 Å². The normalized spacial score (nSPS) is 10.8. The molecule has 2 aromatic rings. The zero-order chi connectivity index (χ0) is 16.7. The predicted molar refractivity (Wildman–Crippen MR) is 85.9 cm³/mol. The number of rotatable bonds is 8. The maximum Gasteiger partial charge on any atom is 0.241 e. The fourth-order valence-electron chi connectivity index (χ4n) is 2.13. The third kappa shape index (κ3) is 4.79. The molecular formula is C16H22N4O3. The van der Waals surface area contributed by atoms with Crippen LogP contribution in [0.3, 0.4) is 0 Å². The van der Waals surface area contributed by atoms with Crippen LogP contribution in [0.15, 0.2) is 28.8 Å². The fourth-order valence-corrected chi connectivity index (χ4v) is 2.13. The first-order chi connectivity index (χ1) is 11.2. The summed E-state index contributed by atoms with van der Waals surface area (Å²) < 4.78 is 10.5. The van der Waals surface area contributed by atoms with E-state index in [0.29, 0.717) is 37.9 Å². The van der Waals surface area contributed by atoms with E-state index in [-0.39, 0.29) is 5.91 Å². The molecule has 7 nitrogen and oxygen atoms in total. The molecule has 0 fully saturated rings. The summed E-state index contributed by atoms with van der Waals surface area (Å²) >= 11 is 0. The van der Waals surface area contributed by atoms with Crippen LogP contribution in [-0.2, 0) is 11.3 Å². The SMILES string of the molecule is CCNC(=O)CN(CC)Cc1nc(-c2cccc(OC)c2)no1. The Morgan fingerprint density at radius 2 is 2.22 bits per heavy atom. The van der Waals surface area contributed by atoms with Crippen molar-refractivity contribution in [2.75, 3.05) is 26.7 Å². The van der Waals surface area contributed by atoms with Crippen molar-refractivity contribution in [3.8, 4) is 17.1 Å². The first kappa shape index (κ1) is 17.0.